The lowest BCUT2D eigenvalue weighted by Gasteiger charge is -2.24. The van der Waals surface area contributed by atoms with Gasteiger partial charge in [-0.3, -0.25) is 9.59 Å². The van der Waals surface area contributed by atoms with E-state index >= 15 is 0 Å². The number of aliphatic carboxylic acids is 1. The number of carboxylic acid groups (broad SMARTS) is 1. The topological polar surface area (TPSA) is 83.6 Å². The van der Waals surface area contributed by atoms with Crippen molar-refractivity contribution in [2.24, 2.45) is 17.6 Å². The first kappa shape index (κ1) is 16.0. The molecule has 1 aliphatic rings. The highest BCUT2D eigenvalue weighted by Crippen LogP contribution is 2.30. The van der Waals surface area contributed by atoms with Crippen LogP contribution in [0.4, 0.5) is 0 Å². The summed E-state index contributed by atoms with van der Waals surface area (Å²) in [5.74, 6) is -0.563. The maximum absolute atomic E-state index is 12.2. The van der Waals surface area contributed by atoms with Crippen LogP contribution in [0.15, 0.2) is 0 Å². The van der Waals surface area contributed by atoms with Crippen LogP contribution < -0.4 is 5.73 Å². The predicted molar refractivity (Wildman–Crippen MR) is 73.6 cm³/mol. The first-order valence-corrected chi connectivity index (χ1v) is 7.16. The molecular weight excluding hydrogens is 244 g/mol. The van der Waals surface area contributed by atoms with E-state index in [-0.39, 0.29) is 24.4 Å². The van der Waals surface area contributed by atoms with Gasteiger partial charge in [-0.25, -0.2) is 0 Å². The molecule has 5 nitrogen and oxygen atoms in total. The second-order valence-corrected chi connectivity index (χ2v) is 5.87. The largest absolute Gasteiger partial charge is 0.480 e. The quantitative estimate of drug-likeness (QED) is 0.664. The minimum atomic E-state index is -0.934. The molecule has 1 rings (SSSR count). The highest BCUT2D eigenvalue weighted by molar-refractivity contribution is 5.82. The molecule has 0 aromatic heterocycles. The summed E-state index contributed by atoms with van der Waals surface area (Å²) in [5.41, 5.74) is 5.68. The molecule has 2 atom stereocenters. The summed E-state index contributed by atoms with van der Waals surface area (Å²) in [6.07, 6.45) is 4.82. The van der Waals surface area contributed by atoms with Crippen molar-refractivity contribution in [3.8, 4) is 0 Å². The average molecular weight is 270 g/mol. The fourth-order valence-electron chi connectivity index (χ4n) is 2.19. The van der Waals surface area contributed by atoms with Gasteiger partial charge in [0.2, 0.25) is 5.91 Å². The number of carboxylic acids is 1. The van der Waals surface area contributed by atoms with Gasteiger partial charge in [0.1, 0.15) is 6.54 Å². The molecule has 0 aromatic rings. The van der Waals surface area contributed by atoms with E-state index in [1.165, 1.54) is 4.90 Å². The van der Waals surface area contributed by atoms with Crippen LogP contribution in [0.1, 0.15) is 46.0 Å². The van der Waals surface area contributed by atoms with E-state index in [0.29, 0.717) is 12.5 Å². The van der Waals surface area contributed by atoms with Gasteiger partial charge in [0, 0.05) is 18.5 Å². The van der Waals surface area contributed by atoms with Crippen LogP contribution >= 0.6 is 0 Å². The molecule has 5 heteroatoms. The normalized spacial score (nSPS) is 17.8. The molecule has 2 unspecified atom stereocenters. The van der Waals surface area contributed by atoms with E-state index in [1.807, 2.05) is 13.8 Å². The van der Waals surface area contributed by atoms with Crippen molar-refractivity contribution in [3.05, 3.63) is 0 Å². The molecule has 0 saturated heterocycles. The fraction of sp³-hybridized carbons (Fsp3) is 0.857. The van der Waals surface area contributed by atoms with Crippen LogP contribution in [0.25, 0.3) is 0 Å². The lowest BCUT2D eigenvalue weighted by Crippen LogP contribution is -2.40. The highest BCUT2D eigenvalue weighted by atomic mass is 16.4. The zero-order chi connectivity index (χ0) is 14.4. The maximum Gasteiger partial charge on any atom is 0.323 e. The molecule has 19 heavy (non-hydrogen) atoms. The SMILES string of the molecule is CC(N)CCCC(C)C(=O)N(CC(=O)O)CC1CC1. The molecule has 0 heterocycles. The molecule has 3 N–H and O–H groups in total. The molecule has 1 fully saturated rings. The third-order valence-electron chi connectivity index (χ3n) is 3.53. The number of nitrogens with two attached hydrogens (primary N) is 1. The minimum Gasteiger partial charge on any atom is -0.480 e. The molecule has 1 aliphatic carbocycles. The zero-order valence-electron chi connectivity index (χ0n) is 12.0. The van der Waals surface area contributed by atoms with E-state index in [2.05, 4.69) is 0 Å². The maximum atomic E-state index is 12.2. The number of rotatable bonds is 9. The van der Waals surface area contributed by atoms with Gasteiger partial charge in [-0.2, -0.15) is 0 Å². The van der Waals surface area contributed by atoms with Crippen molar-refractivity contribution in [2.45, 2.75) is 52.0 Å². The Morgan fingerprint density at radius 3 is 2.42 bits per heavy atom. The number of hydrogen-bond acceptors (Lipinski definition) is 3. The molecule has 1 saturated carbocycles. The Labute approximate surface area is 115 Å². The predicted octanol–water partition coefficient (Wildman–Crippen LogP) is 1.46. The Morgan fingerprint density at radius 2 is 1.95 bits per heavy atom. The molecule has 1 amide bonds. The van der Waals surface area contributed by atoms with E-state index in [9.17, 15) is 9.59 Å². The summed E-state index contributed by atoms with van der Waals surface area (Å²) in [6.45, 7) is 4.26. The Hall–Kier alpha value is -1.10. The standard InChI is InChI=1S/C14H26N2O3/c1-10(4-3-5-11(2)15)14(19)16(9-13(17)18)8-12-6-7-12/h10-12H,3-9,15H2,1-2H3,(H,17,18). The highest BCUT2D eigenvalue weighted by Gasteiger charge is 2.29. The lowest BCUT2D eigenvalue weighted by molar-refractivity contribution is -0.146. The van der Waals surface area contributed by atoms with Crippen LogP contribution in [-0.4, -0.2) is 41.0 Å². The van der Waals surface area contributed by atoms with E-state index in [0.717, 1.165) is 32.1 Å². The van der Waals surface area contributed by atoms with Gasteiger partial charge >= 0.3 is 5.97 Å². The molecule has 0 bridgehead atoms. The third kappa shape index (κ3) is 6.57. The Balaban J connectivity index is 2.41. The van der Waals surface area contributed by atoms with Crippen molar-refractivity contribution in [1.29, 1.82) is 0 Å². The van der Waals surface area contributed by atoms with Crippen LogP contribution in [0.2, 0.25) is 0 Å². The molecule has 0 aromatic carbocycles. The summed E-state index contributed by atoms with van der Waals surface area (Å²) in [6, 6.07) is 0.156. The minimum absolute atomic E-state index is 0.0287. The molecule has 0 spiro atoms. The second-order valence-electron chi connectivity index (χ2n) is 5.87. The molecule has 0 aliphatic heterocycles. The van der Waals surface area contributed by atoms with Gasteiger partial charge in [-0.1, -0.05) is 13.3 Å². The first-order valence-electron chi connectivity index (χ1n) is 7.16. The first-order chi connectivity index (χ1) is 8.90. The number of amides is 1. The monoisotopic (exact) mass is 270 g/mol. The van der Waals surface area contributed by atoms with Crippen LogP contribution in [0, 0.1) is 11.8 Å². The van der Waals surface area contributed by atoms with Crippen molar-refractivity contribution in [2.75, 3.05) is 13.1 Å². The molecule has 0 radical (unpaired) electrons. The van der Waals surface area contributed by atoms with Crippen molar-refractivity contribution in [1.82, 2.24) is 4.90 Å². The van der Waals surface area contributed by atoms with Gasteiger partial charge in [-0.15, -0.1) is 0 Å². The molecule has 110 valence electrons. The van der Waals surface area contributed by atoms with E-state index < -0.39 is 5.97 Å². The smallest absolute Gasteiger partial charge is 0.323 e. The number of carbonyl (C=O) groups excluding carboxylic acids is 1. The summed E-state index contributed by atoms with van der Waals surface area (Å²) in [4.78, 5) is 24.6. The second kappa shape index (κ2) is 7.48. The van der Waals surface area contributed by atoms with Gasteiger partial charge in [0.15, 0.2) is 0 Å². The Morgan fingerprint density at radius 1 is 1.32 bits per heavy atom. The lowest BCUT2D eigenvalue weighted by atomic mass is 10.0. The molecular formula is C14H26N2O3. The van der Waals surface area contributed by atoms with Crippen molar-refractivity contribution < 1.29 is 14.7 Å². The summed E-state index contributed by atoms with van der Waals surface area (Å²) in [5, 5.41) is 8.89. The van der Waals surface area contributed by atoms with Crippen molar-refractivity contribution in [3.63, 3.8) is 0 Å². The van der Waals surface area contributed by atoms with E-state index in [1.54, 1.807) is 0 Å². The van der Waals surface area contributed by atoms with Crippen LogP contribution in [0.3, 0.4) is 0 Å². The van der Waals surface area contributed by atoms with Gasteiger partial charge in [-0.05, 0) is 38.5 Å². The number of hydrogen-bond donors (Lipinski definition) is 2. The number of carbonyl (C=O) groups is 2. The fourth-order valence-corrected chi connectivity index (χ4v) is 2.19. The third-order valence-corrected chi connectivity index (χ3v) is 3.53. The average Bonchev–Trinajstić information content (AvgIpc) is 3.09. The Kier molecular flexibility index (Phi) is 6.28. The van der Waals surface area contributed by atoms with Gasteiger partial charge in [0.05, 0.1) is 0 Å². The van der Waals surface area contributed by atoms with E-state index in [4.69, 9.17) is 10.8 Å². The van der Waals surface area contributed by atoms with Crippen LogP contribution in [0.5, 0.6) is 0 Å². The van der Waals surface area contributed by atoms with Gasteiger partial charge in [0.25, 0.3) is 0 Å². The summed E-state index contributed by atoms with van der Waals surface area (Å²) < 4.78 is 0. The summed E-state index contributed by atoms with van der Waals surface area (Å²) in [7, 11) is 0. The number of nitrogens with zero attached hydrogens (tertiary/aromatic N) is 1. The Bertz CT molecular complexity index is 314. The zero-order valence-corrected chi connectivity index (χ0v) is 12.0. The van der Waals surface area contributed by atoms with Crippen LogP contribution in [-0.2, 0) is 9.59 Å². The van der Waals surface area contributed by atoms with Crippen molar-refractivity contribution >= 4 is 11.9 Å². The summed E-state index contributed by atoms with van der Waals surface area (Å²) >= 11 is 0. The van der Waals surface area contributed by atoms with Gasteiger partial charge < -0.3 is 15.7 Å².